The quantitative estimate of drug-likeness (QED) is 0.518. The predicted octanol–water partition coefficient (Wildman–Crippen LogP) is 2.37. The molecular weight excluding hydrogens is 214 g/mol. The van der Waals surface area contributed by atoms with Gasteiger partial charge in [0.05, 0.1) is 0 Å². The van der Waals surface area contributed by atoms with Crippen molar-refractivity contribution in [2.45, 2.75) is 41.5 Å². The van der Waals surface area contributed by atoms with E-state index >= 15 is 0 Å². The first-order chi connectivity index (χ1) is 7.46. The van der Waals surface area contributed by atoms with E-state index in [1.807, 2.05) is 41.5 Å². The van der Waals surface area contributed by atoms with Crippen LogP contribution in [0.5, 0.6) is 0 Å². The SMILES string of the molecule is CC(C)(C)C1=CC(N)=C(C(C)(C)C)C(=O)C1=O. The van der Waals surface area contributed by atoms with Gasteiger partial charge in [0, 0.05) is 16.8 Å². The molecule has 0 saturated carbocycles. The Bertz CT molecular complexity index is 440. The molecule has 0 fully saturated rings. The highest BCUT2D eigenvalue weighted by Crippen LogP contribution is 2.36. The van der Waals surface area contributed by atoms with Crippen molar-refractivity contribution >= 4 is 11.6 Å². The van der Waals surface area contributed by atoms with Crippen molar-refractivity contribution in [3.8, 4) is 0 Å². The highest BCUT2D eigenvalue weighted by Gasteiger charge is 2.38. The summed E-state index contributed by atoms with van der Waals surface area (Å²) in [7, 11) is 0. The van der Waals surface area contributed by atoms with Crippen LogP contribution in [0.2, 0.25) is 0 Å². The molecule has 3 heteroatoms. The highest BCUT2D eigenvalue weighted by molar-refractivity contribution is 6.50. The summed E-state index contributed by atoms with van der Waals surface area (Å²) in [5.41, 5.74) is 6.51. The number of carbonyl (C=O) groups is 2. The van der Waals surface area contributed by atoms with Crippen molar-refractivity contribution < 1.29 is 9.59 Å². The molecule has 17 heavy (non-hydrogen) atoms. The Labute approximate surface area is 103 Å². The van der Waals surface area contributed by atoms with Crippen LogP contribution in [0.25, 0.3) is 0 Å². The Morgan fingerprint density at radius 3 is 1.71 bits per heavy atom. The fourth-order valence-corrected chi connectivity index (χ4v) is 1.99. The van der Waals surface area contributed by atoms with Gasteiger partial charge >= 0.3 is 0 Å². The maximum atomic E-state index is 12.1. The molecule has 0 unspecified atom stereocenters. The van der Waals surface area contributed by atoms with E-state index in [1.165, 1.54) is 0 Å². The lowest BCUT2D eigenvalue weighted by molar-refractivity contribution is -0.133. The number of hydrogen-bond donors (Lipinski definition) is 1. The molecule has 1 aliphatic carbocycles. The molecule has 0 aromatic rings. The molecule has 1 rings (SSSR count). The lowest BCUT2D eigenvalue weighted by Gasteiger charge is -2.30. The number of nitrogens with two attached hydrogens (primary N) is 1. The first-order valence-corrected chi connectivity index (χ1v) is 5.77. The molecule has 3 nitrogen and oxygen atoms in total. The van der Waals surface area contributed by atoms with Gasteiger partial charge in [-0.2, -0.15) is 0 Å². The second-order valence-corrected chi connectivity index (χ2v) is 6.55. The fraction of sp³-hybridized carbons (Fsp3) is 0.571. The normalized spacial score (nSPS) is 18.6. The van der Waals surface area contributed by atoms with E-state index in [-0.39, 0.29) is 5.41 Å². The van der Waals surface area contributed by atoms with Gasteiger partial charge in [0.2, 0.25) is 11.6 Å². The minimum absolute atomic E-state index is 0.360. The van der Waals surface area contributed by atoms with Crippen LogP contribution in [0, 0.1) is 10.8 Å². The number of rotatable bonds is 0. The lowest BCUT2D eigenvalue weighted by atomic mass is 9.73. The van der Waals surface area contributed by atoms with Crippen LogP contribution >= 0.6 is 0 Å². The third-order valence-corrected chi connectivity index (χ3v) is 2.82. The van der Waals surface area contributed by atoms with Gasteiger partial charge in [-0.25, -0.2) is 0 Å². The van der Waals surface area contributed by atoms with Gasteiger partial charge in [0.1, 0.15) is 0 Å². The standard InChI is InChI=1S/C14H21NO2/c1-13(2,3)8-7-9(15)10(14(4,5)6)12(17)11(8)16/h7H,15H2,1-6H3. The molecule has 0 saturated heterocycles. The highest BCUT2D eigenvalue weighted by atomic mass is 16.2. The van der Waals surface area contributed by atoms with E-state index in [9.17, 15) is 9.59 Å². The van der Waals surface area contributed by atoms with Crippen LogP contribution in [-0.4, -0.2) is 11.6 Å². The average molecular weight is 235 g/mol. The van der Waals surface area contributed by atoms with Crippen molar-refractivity contribution in [3.63, 3.8) is 0 Å². The van der Waals surface area contributed by atoms with Gasteiger partial charge < -0.3 is 5.73 Å². The van der Waals surface area contributed by atoms with Gasteiger partial charge in [-0.3, -0.25) is 9.59 Å². The molecule has 1 aliphatic rings. The second-order valence-electron chi connectivity index (χ2n) is 6.55. The molecular formula is C14H21NO2. The van der Waals surface area contributed by atoms with Crippen LogP contribution < -0.4 is 5.73 Å². The zero-order valence-electron chi connectivity index (χ0n) is 11.5. The van der Waals surface area contributed by atoms with E-state index in [0.29, 0.717) is 16.8 Å². The Morgan fingerprint density at radius 1 is 0.882 bits per heavy atom. The number of hydrogen-bond acceptors (Lipinski definition) is 3. The summed E-state index contributed by atoms with van der Waals surface area (Å²) < 4.78 is 0. The third kappa shape index (κ3) is 2.48. The maximum absolute atomic E-state index is 12.1. The third-order valence-electron chi connectivity index (χ3n) is 2.82. The molecule has 0 aliphatic heterocycles. The Morgan fingerprint density at radius 2 is 1.35 bits per heavy atom. The largest absolute Gasteiger partial charge is 0.398 e. The minimum atomic E-state index is -0.456. The summed E-state index contributed by atoms with van der Waals surface area (Å²) in [6.45, 7) is 11.4. The van der Waals surface area contributed by atoms with Gasteiger partial charge in [0.15, 0.2) is 0 Å². The average Bonchev–Trinajstić information content (AvgIpc) is 2.07. The van der Waals surface area contributed by atoms with E-state index in [1.54, 1.807) is 6.08 Å². The topological polar surface area (TPSA) is 60.2 Å². The van der Waals surface area contributed by atoms with Crippen LogP contribution in [0.4, 0.5) is 0 Å². The predicted molar refractivity (Wildman–Crippen MR) is 68.2 cm³/mol. The minimum Gasteiger partial charge on any atom is -0.398 e. The number of ketones is 2. The fourth-order valence-electron chi connectivity index (χ4n) is 1.99. The summed E-state index contributed by atoms with van der Waals surface area (Å²) in [6, 6.07) is 0. The Hall–Kier alpha value is -1.38. The van der Waals surface area contributed by atoms with Crippen LogP contribution in [0.3, 0.4) is 0 Å². The van der Waals surface area contributed by atoms with Gasteiger partial charge in [-0.1, -0.05) is 41.5 Å². The first kappa shape index (κ1) is 13.7. The molecule has 0 aromatic carbocycles. The van der Waals surface area contributed by atoms with E-state index in [4.69, 9.17) is 5.73 Å². The maximum Gasteiger partial charge on any atom is 0.231 e. The van der Waals surface area contributed by atoms with Crippen LogP contribution in [-0.2, 0) is 9.59 Å². The molecule has 0 aromatic heterocycles. The smallest absolute Gasteiger partial charge is 0.231 e. The molecule has 0 atom stereocenters. The second kappa shape index (κ2) is 3.83. The summed E-state index contributed by atoms with van der Waals surface area (Å²) in [5, 5.41) is 0. The summed E-state index contributed by atoms with van der Waals surface area (Å²) in [6.07, 6.45) is 1.66. The molecule has 0 spiro atoms. The van der Waals surface area contributed by atoms with Crippen molar-refractivity contribution in [3.05, 3.63) is 22.9 Å². The lowest BCUT2D eigenvalue weighted by Crippen LogP contribution is -2.35. The molecule has 0 bridgehead atoms. The van der Waals surface area contributed by atoms with Crippen molar-refractivity contribution in [2.24, 2.45) is 16.6 Å². The Balaban J connectivity index is 3.44. The zero-order chi connectivity index (χ0) is 13.6. The van der Waals surface area contributed by atoms with Crippen LogP contribution in [0.15, 0.2) is 22.9 Å². The van der Waals surface area contributed by atoms with Crippen molar-refractivity contribution in [1.82, 2.24) is 0 Å². The van der Waals surface area contributed by atoms with E-state index in [2.05, 4.69) is 0 Å². The van der Waals surface area contributed by atoms with E-state index in [0.717, 1.165) is 0 Å². The van der Waals surface area contributed by atoms with Crippen molar-refractivity contribution in [1.29, 1.82) is 0 Å². The molecule has 0 amide bonds. The molecule has 0 heterocycles. The number of allylic oxidation sites excluding steroid dienone is 3. The summed E-state index contributed by atoms with van der Waals surface area (Å²) in [4.78, 5) is 24.2. The van der Waals surface area contributed by atoms with Gasteiger partial charge in [-0.15, -0.1) is 0 Å². The monoisotopic (exact) mass is 235 g/mol. The molecule has 94 valence electrons. The van der Waals surface area contributed by atoms with Crippen LogP contribution in [0.1, 0.15) is 41.5 Å². The van der Waals surface area contributed by atoms with Gasteiger partial charge in [-0.05, 0) is 16.9 Å². The number of carbonyl (C=O) groups excluding carboxylic acids is 2. The summed E-state index contributed by atoms with van der Waals surface area (Å²) >= 11 is 0. The van der Waals surface area contributed by atoms with Gasteiger partial charge in [0.25, 0.3) is 0 Å². The summed E-state index contributed by atoms with van der Waals surface area (Å²) in [5.74, 6) is -0.876. The molecule has 0 radical (unpaired) electrons. The molecule has 2 N–H and O–H groups in total. The first-order valence-electron chi connectivity index (χ1n) is 5.77. The van der Waals surface area contributed by atoms with E-state index < -0.39 is 17.0 Å². The van der Waals surface area contributed by atoms with Crippen molar-refractivity contribution in [2.75, 3.05) is 0 Å². The zero-order valence-corrected chi connectivity index (χ0v) is 11.5. The number of Topliss-reactive ketones (excluding diaryl/α,β-unsaturated/α-hetero) is 2. The Kier molecular flexibility index (Phi) is 3.08.